The Morgan fingerprint density at radius 3 is 2.82 bits per heavy atom. The van der Waals surface area contributed by atoms with Gasteiger partial charge >= 0.3 is 0 Å². The lowest BCUT2D eigenvalue weighted by atomic mass is 9.99. The maximum Gasteiger partial charge on any atom is 0.253 e. The van der Waals surface area contributed by atoms with Crippen LogP contribution in [0.3, 0.4) is 0 Å². The van der Waals surface area contributed by atoms with Crippen LogP contribution in [0.2, 0.25) is 5.02 Å². The number of aromatic nitrogens is 3. The van der Waals surface area contributed by atoms with Gasteiger partial charge in [-0.05, 0) is 55.0 Å². The average molecular weight is 483 g/mol. The number of hydrogen-bond donors (Lipinski definition) is 1. The molecule has 0 bridgehead atoms. The molecule has 0 aliphatic rings. The Hall–Kier alpha value is -3.49. The van der Waals surface area contributed by atoms with Crippen LogP contribution in [0.15, 0.2) is 48.7 Å². The zero-order chi connectivity index (χ0) is 24.2. The van der Waals surface area contributed by atoms with Gasteiger partial charge in [0.05, 0.1) is 6.61 Å². The van der Waals surface area contributed by atoms with Gasteiger partial charge in [-0.2, -0.15) is 5.10 Å². The van der Waals surface area contributed by atoms with Gasteiger partial charge in [0.2, 0.25) is 0 Å². The molecule has 0 aliphatic carbocycles. The smallest absolute Gasteiger partial charge is 0.253 e. The van der Waals surface area contributed by atoms with E-state index < -0.39 is 5.82 Å². The summed E-state index contributed by atoms with van der Waals surface area (Å²) in [6.45, 7) is 2.80. The summed E-state index contributed by atoms with van der Waals surface area (Å²) in [5.41, 5.74) is 3.12. The monoisotopic (exact) mass is 482 g/mol. The first-order chi connectivity index (χ1) is 16.4. The van der Waals surface area contributed by atoms with Gasteiger partial charge in [0.1, 0.15) is 23.9 Å². The highest BCUT2D eigenvalue weighted by Gasteiger charge is 2.19. The van der Waals surface area contributed by atoms with Crippen LogP contribution in [-0.2, 0) is 11.3 Å². The number of aromatic amines is 1. The highest BCUT2D eigenvalue weighted by molar-refractivity contribution is 6.31. The van der Waals surface area contributed by atoms with Crippen molar-refractivity contribution in [1.82, 2.24) is 20.1 Å². The Morgan fingerprint density at radius 2 is 2.03 bits per heavy atom. The second-order valence-corrected chi connectivity index (χ2v) is 8.28. The Kier molecular flexibility index (Phi) is 7.09. The van der Waals surface area contributed by atoms with Gasteiger partial charge in [-0.3, -0.25) is 9.89 Å². The third kappa shape index (κ3) is 4.88. The molecular formula is C25H24ClFN4O3. The van der Waals surface area contributed by atoms with Crippen molar-refractivity contribution >= 4 is 28.5 Å². The van der Waals surface area contributed by atoms with E-state index in [9.17, 15) is 9.18 Å². The average Bonchev–Trinajstić information content (AvgIpc) is 3.26. The summed E-state index contributed by atoms with van der Waals surface area (Å²) >= 11 is 6.38. The maximum absolute atomic E-state index is 15.0. The molecule has 4 rings (SSSR count). The van der Waals surface area contributed by atoms with Crippen LogP contribution in [-0.4, -0.2) is 53.3 Å². The van der Waals surface area contributed by atoms with Crippen molar-refractivity contribution in [3.63, 3.8) is 0 Å². The molecule has 2 heterocycles. The van der Waals surface area contributed by atoms with Crippen molar-refractivity contribution in [1.29, 1.82) is 0 Å². The number of benzene rings is 2. The van der Waals surface area contributed by atoms with E-state index in [1.807, 2.05) is 19.1 Å². The predicted octanol–water partition coefficient (Wildman–Crippen LogP) is 5.02. The standard InChI is InChI=1S/C25H24ClFN4O3/c1-15-11-23(34-14-22-17-5-4-8-28-24(17)30-29-22)19(13-20(15)26)18-12-16(6-7-21(18)27)25(32)31(2)9-10-33-3/h4-8,11-13H,9-10,14H2,1-3H3,(H,28,29,30). The first-order valence-electron chi connectivity index (χ1n) is 10.6. The number of likely N-dealkylation sites (N-methyl/N-ethyl adjacent to an activating group) is 1. The first-order valence-corrected chi connectivity index (χ1v) is 11.0. The van der Waals surface area contributed by atoms with Crippen LogP contribution in [0.25, 0.3) is 22.2 Å². The number of fused-ring (bicyclic) bond motifs is 1. The van der Waals surface area contributed by atoms with E-state index in [-0.39, 0.29) is 18.1 Å². The quantitative estimate of drug-likeness (QED) is 0.381. The van der Waals surface area contributed by atoms with Crippen LogP contribution in [0, 0.1) is 12.7 Å². The van der Waals surface area contributed by atoms with Gasteiger partial charge in [-0.25, -0.2) is 9.37 Å². The van der Waals surface area contributed by atoms with Crippen molar-refractivity contribution in [3.05, 3.63) is 76.3 Å². The van der Waals surface area contributed by atoms with E-state index in [1.54, 1.807) is 32.5 Å². The fourth-order valence-corrected chi connectivity index (χ4v) is 3.73. The summed E-state index contributed by atoms with van der Waals surface area (Å²) in [4.78, 5) is 18.6. The number of pyridine rings is 1. The molecule has 1 N–H and O–H groups in total. The van der Waals surface area contributed by atoms with E-state index in [2.05, 4.69) is 15.2 Å². The molecule has 9 heteroatoms. The molecule has 0 saturated carbocycles. The normalized spacial score (nSPS) is 11.1. The van der Waals surface area contributed by atoms with Gasteiger partial charge in [-0.1, -0.05) is 11.6 Å². The van der Waals surface area contributed by atoms with Crippen molar-refractivity contribution in [2.75, 3.05) is 27.3 Å². The third-order valence-electron chi connectivity index (χ3n) is 5.52. The zero-order valence-electron chi connectivity index (χ0n) is 19.1. The van der Waals surface area contributed by atoms with E-state index in [0.717, 1.165) is 10.9 Å². The molecule has 0 aliphatic heterocycles. The van der Waals surface area contributed by atoms with Gasteiger partial charge in [0.15, 0.2) is 5.65 Å². The molecule has 0 unspecified atom stereocenters. The van der Waals surface area contributed by atoms with Crippen LogP contribution in [0.5, 0.6) is 5.75 Å². The topological polar surface area (TPSA) is 80.3 Å². The number of hydrogen-bond acceptors (Lipinski definition) is 5. The minimum Gasteiger partial charge on any atom is -0.487 e. The van der Waals surface area contributed by atoms with E-state index in [0.29, 0.717) is 46.4 Å². The minimum absolute atomic E-state index is 0.139. The number of nitrogens with one attached hydrogen (secondary N) is 1. The molecule has 0 spiro atoms. The van der Waals surface area contributed by atoms with Crippen LogP contribution < -0.4 is 4.74 Å². The molecule has 176 valence electrons. The van der Waals surface area contributed by atoms with Crippen molar-refractivity contribution in [3.8, 4) is 16.9 Å². The van der Waals surface area contributed by atoms with Crippen LogP contribution in [0.4, 0.5) is 4.39 Å². The summed E-state index contributed by atoms with van der Waals surface area (Å²) in [6, 6.07) is 11.4. The summed E-state index contributed by atoms with van der Waals surface area (Å²) in [7, 11) is 3.24. The number of H-pyrrole nitrogens is 1. The Labute approximate surface area is 201 Å². The van der Waals surface area contributed by atoms with Crippen molar-refractivity contribution in [2.45, 2.75) is 13.5 Å². The number of rotatable bonds is 8. The molecule has 2 aromatic carbocycles. The minimum atomic E-state index is -0.490. The second kappa shape index (κ2) is 10.2. The van der Waals surface area contributed by atoms with E-state index in [1.165, 1.54) is 23.1 Å². The summed E-state index contributed by atoms with van der Waals surface area (Å²) in [6.07, 6.45) is 1.68. The molecule has 4 aromatic rings. The fourth-order valence-electron chi connectivity index (χ4n) is 3.56. The molecular weight excluding hydrogens is 459 g/mol. The van der Waals surface area contributed by atoms with Gasteiger partial charge in [0, 0.05) is 54.0 Å². The van der Waals surface area contributed by atoms with Crippen molar-refractivity contribution in [2.24, 2.45) is 0 Å². The first kappa shape index (κ1) is 23.7. The summed E-state index contributed by atoms with van der Waals surface area (Å²) in [5, 5.41) is 8.45. The van der Waals surface area contributed by atoms with E-state index >= 15 is 0 Å². The molecule has 2 aromatic heterocycles. The lowest BCUT2D eigenvalue weighted by Gasteiger charge is -2.18. The van der Waals surface area contributed by atoms with Gasteiger partial charge in [-0.15, -0.1) is 0 Å². The SMILES string of the molecule is COCCN(C)C(=O)c1ccc(F)c(-c2cc(Cl)c(C)cc2OCc2n[nH]c3ncccc23)c1. The third-order valence-corrected chi connectivity index (χ3v) is 5.93. The predicted molar refractivity (Wildman–Crippen MR) is 129 cm³/mol. The van der Waals surface area contributed by atoms with Crippen LogP contribution >= 0.6 is 11.6 Å². The number of methoxy groups -OCH3 is 1. The molecule has 7 nitrogen and oxygen atoms in total. The molecule has 34 heavy (non-hydrogen) atoms. The molecule has 0 atom stereocenters. The van der Waals surface area contributed by atoms with E-state index in [4.69, 9.17) is 21.1 Å². The molecule has 0 fully saturated rings. The number of ether oxygens (including phenoxy) is 2. The van der Waals surface area contributed by atoms with Gasteiger partial charge in [0.25, 0.3) is 5.91 Å². The number of carbonyl (C=O) groups excluding carboxylic acids is 1. The fraction of sp³-hybridized carbons (Fsp3) is 0.240. The second-order valence-electron chi connectivity index (χ2n) is 7.87. The number of nitrogens with zero attached hydrogens (tertiary/aromatic N) is 3. The highest BCUT2D eigenvalue weighted by Crippen LogP contribution is 2.37. The number of aryl methyl sites for hydroxylation is 1. The Balaban J connectivity index is 1.69. The largest absolute Gasteiger partial charge is 0.487 e. The number of amides is 1. The van der Waals surface area contributed by atoms with Crippen molar-refractivity contribution < 1.29 is 18.7 Å². The molecule has 1 amide bonds. The lowest BCUT2D eigenvalue weighted by molar-refractivity contribution is 0.0744. The molecule has 0 radical (unpaired) electrons. The zero-order valence-corrected chi connectivity index (χ0v) is 19.8. The van der Waals surface area contributed by atoms with Gasteiger partial charge < -0.3 is 14.4 Å². The highest BCUT2D eigenvalue weighted by atomic mass is 35.5. The lowest BCUT2D eigenvalue weighted by Crippen LogP contribution is -2.29. The maximum atomic E-state index is 15.0. The van der Waals surface area contributed by atoms with Crippen LogP contribution in [0.1, 0.15) is 21.6 Å². The number of halogens is 2. The Bertz CT molecular complexity index is 1340. The number of carbonyl (C=O) groups is 1. The summed E-state index contributed by atoms with van der Waals surface area (Å²) in [5.74, 6) is -0.303. The Morgan fingerprint density at radius 1 is 1.21 bits per heavy atom. The molecule has 0 saturated heterocycles. The summed E-state index contributed by atoms with van der Waals surface area (Å²) < 4.78 is 26.1.